The Hall–Kier alpha value is -1.45. The molecule has 0 saturated heterocycles. The van der Waals surface area contributed by atoms with Gasteiger partial charge in [-0.1, -0.05) is 6.07 Å². The van der Waals surface area contributed by atoms with Gasteiger partial charge in [-0.15, -0.1) is 0 Å². The van der Waals surface area contributed by atoms with Gasteiger partial charge < -0.3 is 4.42 Å². The van der Waals surface area contributed by atoms with E-state index in [9.17, 15) is 13.2 Å². The summed E-state index contributed by atoms with van der Waals surface area (Å²) >= 11 is 0. The maximum absolute atomic E-state index is 12.0. The largest absolute Gasteiger partial charge is 0.464 e. The number of hydrogen-bond acceptors (Lipinski definition) is 1. The van der Waals surface area contributed by atoms with Crippen LogP contribution >= 0.6 is 0 Å². The van der Waals surface area contributed by atoms with E-state index in [1.165, 1.54) is 18.4 Å². The predicted octanol–water partition coefficient (Wildman–Crippen LogP) is 3.54. The second-order valence-corrected chi connectivity index (χ2v) is 3.08. The molecular formula is C10H7F3O. The van der Waals surface area contributed by atoms with Crippen LogP contribution in [0.4, 0.5) is 13.2 Å². The average molecular weight is 200 g/mol. The van der Waals surface area contributed by atoms with Crippen molar-refractivity contribution in [3.63, 3.8) is 0 Å². The first-order valence-corrected chi connectivity index (χ1v) is 4.07. The molecule has 0 N–H and O–H groups in total. The summed E-state index contributed by atoms with van der Waals surface area (Å²) < 4.78 is 41.2. The standard InChI is InChI=1S/C10H7F3O/c11-10(12,13)6-7-1-2-9-8(5-7)3-4-14-9/h1-5H,6H2. The molecule has 0 fully saturated rings. The molecule has 0 atom stereocenters. The molecule has 0 saturated carbocycles. The SMILES string of the molecule is FC(F)(F)Cc1ccc2occc2c1. The highest BCUT2D eigenvalue weighted by atomic mass is 19.4. The van der Waals surface area contributed by atoms with Gasteiger partial charge in [0.05, 0.1) is 12.7 Å². The highest BCUT2D eigenvalue weighted by Gasteiger charge is 2.27. The van der Waals surface area contributed by atoms with Gasteiger partial charge >= 0.3 is 6.18 Å². The number of rotatable bonds is 1. The highest BCUT2D eigenvalue weighted by molar-refractivity contribution is 5.77. The molecule has 0 aliphatic heterocycles. The van der Waals surface area contributed by atoms with Gasteiger partial charge in [0.25, 0.3) is 0 Å². The first kappa shape index (κ1) is 9.12. The van der Waals surface area contributed by atoms with Crippen LogP contribution in [0.25, 0.3) is 11.0 Å². The van der Waals surface area contributed by atoms with E-state index in [0.29, 0.717) is 11.0 Å². The first-order chi connectivity index (χ1) is 6.54. The maximum atomic E-state index is 12.0. The lowest BCUT2D eigenvalue weighted by Crippen LogP contribution is -2.11. The Bertz CT molecular complexity index is 442. The summed E-state index contributed by atoms with van der Waals surface area (Å²) in [7, 11) is 0. The fraction of sp³-hybridized carbons (Fsp3) is 0.200. The molecule has 0 amide bonds. The number of fused-ring (bicyclic) bond motifs is 1. The van der Waals surface area contributed by atoms with E-state index in [1.807, 2.05) is 0 Å². The zero-order valence-electron chi connectivity index (χ0n) is 7.14. The number of furan rings is 1. The fourth-order valence-corrected chi connectivity index (χ4v) is 1.36. The molecule has 14 heavy (non-hydrogen) atoms. The molecule has 0 bridgehead atoms. The molecule has 2 rings (SSSR count). The van der Waals surface area contributed by atoms with Crippen molar-refractivity contribution in [2.45, 2.75) is 12.6 Å². The number of alkyl halides is 3. The Morgan fingerprint density at radius 3 is 2.64 bits per heavy atom. The topological polar surface area (TPSA) is 13.1 Å². The van der Waals surface area contributed by atoms with Crippen molar-refractivity contribution in [3.05, 3.63) is 36.1 Å². The number of benzene rings is 1. The summed E-state index contributed by atoms with van der Waals surface area (Å²) in [5.74, 6) is 0. The molecular weight excluding hydrogens is 193 g/mol. The monoisotopic (exact) mass is 200 g/mol. The highest BCUT2D eigenvalue weighted by Crippen LogP contribution is 2.24. The van der Waals surface area contributed by atoms with Crippen molar-refractivity contribution >= 4 is 11.0 Å². The van der Waals surface area contributed by atoms with E-state index in [4.69, 9.17) is 4.42 Å². The second-order valence-electron chi connectivity index (χ2n) is 3.08. The lowest BCUT2D eigenvalue weighted by molar-refractivity contribution is -0.127. The zero-order chi connectivity index (χ0) is 10.2. The van der Waals surface area contributed by atoms with Crippen molar-refractivity contribution < 1.29 is 17.6 Å². The van der Waals surface area contributed by atoms with Crippen LogP contribution in [0, 0.1) is 0 Å². The van der Waals surface area contributed by atoms with Crippen molar-refractivity contribution in [3.8, 4) is 0 Å². The van der Waals surface area contributed by atoms with Crippen LogP contribution in [0.1, 0.15) is 5.56 Å². The third-order valence-electron chi connectivity index (χ3n) is 1.92. The number of hydrogen-bond donors (Lipinski definition) is 0. The van der Waals surface area contributed by atoms with E-state index in [0.717, 1.165) is 0 Å². The summed E-state index contributed by atoms with van der Waals surface area (Å²) in [6.07, 6.45) is -3.59. The first-order valence-electron chi connectivity index (χ1n) is 4.07. The van der Waals surface area contributed by atoms with Gasteiger partial charge in [0.2, 0.25) is 0 Å². The van der Waals surface area contributed by atoms with Crippen LogP contribution in [-0.4, -0.2) is 6.18 Å². The molecule has 74 valence electrons. The third kappa shape index (κ3) is 1.89. The van der Waals surface area contributed by atoms with Gasteiger partial charge in [-0.05, 0) is 23.8 Å². The van der Waals surface area contributed by atoms with Crippen LogP contribution in [0.5, 0.6) is 0 Å². The third-order valence-corrected chi connectivity index (χ3v) is 1.92. The molecule has 0 aliphatic carbocycles. The quantitative estimate of drug-likeness (QED) is 0.686. The summed E-state index contributed by atoms with van der Waals surface area (Å²) in [5.41, 5.74) is 0.863. The van der Waals surface area contributed by atoms with Crippen molar-refractivity contribution in [1.29, 1.82) is 0 Å². The van der Waals surface area contributed by atoms with E-state index in [-0.39, 0.29) is 5.56 Å². The minimum atomic E-state index is -4.16. The van der Waals surface area contributed by atoms with Gasteiger partial charge in [0.1, 0.15) is 5.58 Å². The smallest absolute Gasteiger partial charge is 0.393 e. The van der Waals surface area contributed by atoms with Gasteiger partial charge in [0.15, 0.2) is 0 Å². The lowest BCUT2D eigenvalue weighted by Gasteiger charge is -2.05. The molecule has 4 heteroatoms. The zero-order valence-corrected chi connectivity index (χ0v) is 7.14. The van der Waals surface area contributed by atoms with Crippen LogP contribution in [-0.2, 0) is 6.42 Å². The average Bonchev–Trinajstić information content (AvgIpc) is 2.47. The van der Waals surface area contributed by atoms with E-state index >= 15 is 0 Å². The van der Waals surface area contributed by atoms with Gasteiger partial charge in [-0.25, -0.2) is 0 Å². The Morgan fingerprint density at radius 2 is 1.93 bits per heavy atom. The van der Waals surface area contributed by atoms with Crippen LogP contribution < -0.4 is 0 Å². The van der Waals surface area contributed by atoms with E-state index in [2.05, 4.69) is 0 Å². The van der Waals surface area contributed by atoms with Gasteiger partial charge in [-0.3, -0.25) is 0 Å². The number of halogens is 3. The van der Waals surface area contributed by atoms with Crippen LogP contribution in [0.2, 0.25) is 0 Å². The summed E-state index contributed by atoms with van der Waals surface area (Å²) in [4.78, 5) is 0. The molecule has 1 aromatic heterocycles. The molecule has 0 spiro atoms. The Balaban J connectivity index is 2.35. The normalized spacial score (nSPS) is 12.2. The summed E-state index contributed by atoms with van der Waals surface area (Å²) in [5, 5.41) is 0.701. The molecule has 0 radical (unpaired) electrons. The second kappa shape index (κ2) is 3.04. The van der Waals surface area contributed by atoms with Crippen molar-refractivity contribution in [2.75, 3.05) is 0 Å². The Morgan fingerprint density at radius 1 is 1.14 bits per heavy atom. The van der Waals surface area contributed by atoms with Gasteiger partial charge in [-0.2, -0.15) is 13.2 Å². The molecule has 0 unspecified atom stereocenters. The molecule has 0 aliphatic rings. The van der Waals surface area contributed by atoms with Crippen LogP contribution in [0.15, 0.2) is 34.9 Å². The van der Waals surface area contributed by atoms with Crippen LogP contribution in [0.3, 0.4) is 0 Å². The lowest BCUT2D eigenvalue weighted by atomic mass is 10.1. The van der Waals surface area contributed by atoms with E-state index in [1.54, 1.807) is 12.1 Å². The van der Waals surface area contributed by atoms with E-state index < -0.39 is 12.6 Å². The minimum absolute atomic E-state index is 0.256. The molecule has 1 aromatic carbocycles. The molecule has 2 aromatic rings. The summed E-state index contributed by atoms with van der Waals surface area (Å²) in [6, 6.07) is 6.12. The maximum Gasteiger partial charge on any atom is 0.393 e. The Kier molecular flexibility index (Phi) is 1.98. The molecule has 1 heterocycles. The summed E-state index contributed by atoms with van der Waals surface area (Å²) in [6.45, 7) is 0. The Labute approximate surface area is 78.1 Å². The fourth-order valence-electron chi connectivity index (χ4n) is 1.36. The predicted molar refractivity (Wildman–Crippen MR) is 46.0 cm³/mol. The van der Waals surface area contributed by atoms with Gasteiger partial charge in [0, 0.05) is 5.39 Å². The minimum Gasteiger partial charge on any atom is -0.464 e. The van der Waals surface area contributed by atoms with Crippen molar-refractivity contribution in [1.82, 2.24) is 0 Å². The van der Waals surface area contributed by atoms with Crippen molar-refractivity contribution in [2.24, 2.45) is 0 Å². The molecule has 1 nitrogen and oxygen atoms in total.